The molecule has 0 saturated carbocycles. The summed E-state index contributed by atoms with van der Waals surface area (Å²) in [6, 6.07) is 0. The number of aliphatic hydroxyl groups excluding tert-OH is 1. The lowest BCUT2D eigenvalue weighted by Gasteiger charge is -2.30. The van der Waals surface area contributed by atoms with E-state index in [1.54, 1.807) is 0 Å². The lowest BCUT2D eigenvalue weighted by Crippen LogP contribution is -2.29. The Labute approximate surface area is 111 Å². The average molecular weight is 309 g/mol. The van der Waals surface area contributed by atoms with Crippen LogP contribution in [-0.4, -0.2) is 35.0 Å². The number of rotatable bonds is 8. The van der Waals surface area contributed by atoms with Crippen molar-refractivity contribution in [2.75, 3.05) is 5.88 Å². The summed E-state index contributed by atoms with van der Waals surface area (Å²) in [6.07, 6.45) is -3.91. The number of hydrogen-bond donors (Lipinski definition) is 1. The minimum atomic E-state index is -4.65. The molecule has 4 nitrogen and oxygen atoms in total. The van der Waals surface area contributed by atoms with E-state index in [9.17, 15) is 18.5 Å². The Hall–Kier alpha value is 0.260. The molecule has 18 heavy (non-hydrogen) atoms. The Kier molecular flexibility index (Phi) is 7.26. The van der Waals surface area contributed by atoms with Gasteiger partial charge in [-0.3, -0.25) is 4.57 Å². The van der Waals surface area contributed by atoms with Crippen molar-refractivity contribution in [2.45, 2.75) is 58.1 Å². The highest BCUT2D eigenvalue weighted by atomic mass is 35.5. The second-order valence-corrected chi connectivity index (χ2v) is 6.86. The third kappa shape index (κ3) is 5.49. The van der Waals surface area contributed by atoms with Crippen molar-refractivity contribution in [2.24, 2.45) is 0 Å². The highest BCUT2D eigenvalue weighted by molar-refractivity contribution is 7.55. The van der Waals surface area contributed by atoms with Gasteiger partial charge >= 0.3 is 13.3 Å². The zero-order valence-corrected chi connectivity index (χ0v) is 12.5. The maximum absolute atomic E-state index is 13.9. The zero-order valence-electron chi connectivity index (χ0n) is 10.9. The first kappa shape index (κ1) is 18.3. The largest absolute Gasteiger partial charge is 0.400 e. The fraction of sp³-hybridized carbons (Fsp3) is 1.00. The van der Waals surface area contributed by atoms with Gasteiger partial charge in [0, 0.05) is 5.88 Å². The molecule has 0 fully saturated rings. The molecule has 0 rings (SSSR count). The molecule has 1 unspecified atom stereocenters. The molecular weight excluding hydrogens is 289 g/mol. The third-order valence-electron chi connectivity index (χ3n) is 1.76. The van der Waals surface area contributed by atoms with E-state index < -0.39 is 38.0 Å². The molecule has 1 N–H and O–H groups in total. The van der Waals surface area contributed by atoms with Crippen LogP contribution in [0.5, 0.6) is 0 Å². The minimum absolute atomic E-state index is 0.376. The molecular formula is C10H20ClF2O4P. The first-order valence-electron chi connectivity index (χ1n) is 5.63. The Bertz CT molecular complexity index is 286. The van der Waals surface area contributed by atoms with Crippen molar-refractivity contribution in [3.05, 3.63) is 0 Å². The minimum Gasteiger partial charge on any atom is -0.392 e. The maximum atomic E-state index is 13.9. The van der Waals surface area contributed by atoms with E-state index in [2.05, 4.69) is 0 Å². The maximum Gasteiger partial charge on any atom is 0.400 e. The number of alkyl halides is 3. The first-order chi connectivity index (χ1) is 8.04. The molecule has 0 aliphatic rings. The molecule has 0 aromatic carbocycles. The molecule has 0 radical (unpaired) electrons. The summed E-state index contributed by atoms with van der Waals surface area (Å²) < 4.78 is 49.5. The molecule has 0 saturated heterocycles. The Morgan fingerprint density at radius 3 is 1.89 bits per heavy atom. The predicted octanol–water partition coefficient (Wildman–Crippen LogP) is 3.61. The van der Waals surface area contributed by atoms with E-state index in [-0.39, 0.29) is 5.88 Å². The Morgan fingerprint density at radius 2 is 1.61 bits per heavy atom. The van der Waals surface area contributed by atoms with E-state index in [1.807, 2.05) is 0 Å². The number of halogens is 3. The van der Waals surface area contributed by atoms with Crippen LogP contribution in [0.25, 0.3) is 0 Å². The van der Waals surface area contributed by atoms with Crippen LogP contribution in [0.15, 0.2) is 0 Å². The van der Waals surface area contributed by atoms with Gasteiger partial charge in [0.15, 0.2) is 0 Å². The van der Waals surface area contributed by atoms with Crippen LogP contribution in [0.1, 0.15) is 34.1 Å². The summed E-state index contributed by atoms with van der Waals surface area (Å²) in [4.78, 5) is 0. The van der Waals surface area contributed by atoms with Crippen molar-refractivity contribution >= 4 is 19.2 Å². The second kappa shape index (κ2) is 7.15. The standard InChI is InChI=1S/C10H20ClF2O4P/c1-7(2)16-18(15,17-8(3)4)10(12,13)5-9(14)6-11/h7-9,14H,5-6H2,1-4H3. The van der Waals surface area contributed by atoms with Crippen LogP contribution in [0.3, 0.4) is 0 Å². The lowest BCUT2D eigenvalue weighted by atomic mass is 10.3. The number of aliphatic hydroxyl groups is 1. The third-order valence-corrected chi connectivity index (χ3v) is 4.50. The van der Waals surface area contributed by atoms with Crippen molar-refractivity contribution in [1.29, 1.82) is 0 Å². The van der Waals surface area contributed by atoms with Gasteiger partial charge in [-0.2, -0.15) is 8.78 Å². The SMILES string of the molecule is CC(C)OP(=O)(OC(C)C)C(F)(F)CC(O)CCl. The summed E-state index contributed by atoms with van der Waals surface area (Å²) in [5.74, 6) is -0.376. The lowest BCUT2D eigenvalue weighted by molar-refractivity contribution is -0.0123. The molecule has 0 aliphatic heterocycles. The second-order valence-electron chi connectivity index (χ2n) is 4.48. The van der Waals surface area contributed by atoms with Gasteiger partial charge in [0.25, 0.3) is 0 Å². The van der Waals surface area contributed by atoms with Gasteiger partial charge in [0.2, 0.25) is 0 Å². The molecule has 0 heterocycles. The first-order valence-corrected chi connectivity index (χ1v) is 7.70. The van der Waals surface area contributed by atoms with Crippen LogP contribution in [0.4, 0.5) is 8.78 Å². The highest BCUT2D eigenvalue weighted by Gasteiger charge is 2.55. The molecule has 110 valence electrons. The van der Waals surface area contributed by atoms with E-state index >= 15 is 0 Å². The van der Waals surface area contributed by atoms with E-state index in [0.717, 1.165) is 0 Å². The monoisotopic (exact) mass is 308 g/mol. The Balaban J connectivity index is 5.09. The zero-order chi connectivity index (χ0) is 14.6. The van der Waals surface area contributed by atoms with Crippen molar-refractivity contribution < 1.29 is 27.5 Å². The van der Waals surface area contributed by atoms with Gasteiger partial charge in [-0.05, 0) is 27.7 Å². The summed E-state index contributed by atoms with van der Waals surface area (Å²) in [7, 11) is -4.65. The summed E-state index contributed by atoms with van der Waals surface area (Å²) in [6.45, 7) is 5.91. The fourth-order valence-electron chi connectivity index (χ4n) is 1.18. The normalized spacial score (nSPS) is 15.4. The number of hydrogen-bond acceptors (Lipinski definition) is 4. The molecule has 0 aromatic heterocycles. The topological polar surface area (TPSA) is 55.8 Å². The molecule has 0 aromatic rings. The van der Waals surface area contributed by atoms with Crippen molar-refractivity contribution in [1.82, 2.24) is 0 Å². The van der Waals surface area contributed by atoms with Gasteiger partial charge in [0.05, 0.1) is 24.7 Å². The Morgan fingerprint density at radius 1 is 1.22 bits per heavy atom. The molecule has 8 heteroatoms. The van der Waals surface area contributed by atoms with Crippen LogP contribution >= 0.6 is 19.2 Å². The van der Waals surface area contributed by atoms with Crippen molar-refractivity contribution in [3.63, 3.8) is 0 Å². The summed E-state index contributed by atoms with van der Waals surface area (Å²) >= 11 is 5.26. The van der Waals surface area contributed by atoms with Gasteiger partial charge < -0.3 is 14.2 Å². The van der Waals surface area contributed by atoms with Gasteiger partial charge in [0.1, 0.15) is 0 Å². The smallest absolute Gasteiger partial charge is 0.392 e. The highest BCUT2D eigenvalue weighted by Crippen LogP contribution is 2.64. The average Bonchev–Trinajstić information content (AvgIpc) is 2.13. The summed E-state index contributed by atoms with van der Waals surface area (Å²) in [5.41, 5.74) is -3.78. The predicted molar refractivity (Wildman–Crippen MR) is 66.3 cm³/mol. The van der Waals surface area contributed by atoms with Crippen LogP contribution in [0, 0.1) is 0 Å². The molecule has 0 spiro atoms. The van der Waals surface area contributed by atoms with Gasteiger partial charge in [-0.1, -0.05) is 0 Å². The van der Waals surface area contributed by atoms with Gasteiger partial charge in [-0.15, -0.1) is 11.6 Å². The van der Waals surface area contributed by atoms with E-state index in [0.29, 0.717) is 0 Å². The van der Waals surface area contributed by atoms with Crippen LogP contribution in [-0.2, 0) is 13.6 Å². The molecule has 0 amide bonds. The quantitative estimate of drug-likeness (QED) is 0.550. The van der Waals surface area contributed by atoms with Crippen LogP contribution < -0.4 is 0 Å². The fourth-order valence-corrected chi connectivity index (χ4v) is 3.20. The summed E-state index contributed by atoms with van der Waals surface area (Å²) in [5, 5.41) is 9.18. The molecule has 1 atom stereocenters. The van der Waals surface area contributed by atoms with Gasteiger partial charge in [-0.25, -0.2) is 0 Å². The van der Waals surface area contributed by atoms with Crippen LogP contribution in [0.2, 0.25) is 0 Å². The molecule has 0 bridgehead atoms. The molecule has 0 aliphatic carbocycles. The van der Waals surface area contributed by atoms with E-state index in [4.69, 9.17) is 20.6 Å². The van der Waals surface area contributed by atoms with E-state index in [1.165, 1.54) is 27.7 Å². The van der Waals surface area contributed by atoms with Crippen molar-refractivity contribution in [3.8, 4) is 0 Å².